The normalized spacial score (nSPS) is 32.3. The Morgan fingerprint density at radius 2 is 2.03 bits per heavy atom. The van der Waals surface area contributed by atoms with Gasteiger partial charge in [0, 0.05) is 24.4 Å². The van der Waals surface area contributed by atoms with Crippen molar-refractivity contribution in [3.63, 3.8) is 0 Å². The predicted molar refractivity (Wildman–Crippen MR) is 124 cm³/mol. The van der Waals surface area contributed by atoms with Crippen molar-refractivity contribution in [3.8, 4) is 6.07 Å². The molecule has 3 fully saturated rings. The first-order valence-corrected chi connectivity index (χ1v) is 11.7. The SMILES string of the molecule is CC(=S)N[C@H](C(=O)N1CC2C(C)(C)C2([C@@H](C#N)C[C@H]2CCNC2=O)C1C(N)=O)C(C)(C)C. The lowest BCUT2D eigenvalue weighted by molar-refractivity contribution is -0.144. The van der Waals surface area contributed by atoms with Gasteiger partial charge in [-0.05, 0) is 36.5 Å². The van der Waals surface area contributed by atoms with Crippen LogP contribution in [0.5, 0.6) is 0 Å². The summed E-state index contributed by atoms with van der Waals surface area (Å²) in [5.41, 5.74) is 4.36. The third-order valence-corrected chi connectivity index (χ3v) is 8.17. The monoisotopic (exact) mass is 461 g/mol. The summed E-state index contributed by atoms with van der Waals surface area (Å²) in [4.78, 5) is 40.9. The van der Waals surface area contributed by atoms with Crippen molar-refractivity contribution in [3.05, 3.63) is 0 Å². The van der Waals surface area contributed by atoms with Gasteiger partial charge in [-0.15, -0.1) is 0 Å². The molecular formula is C23H35N5O3S. The van der Waals surface area contributed by atoms with Crippen LogP contribution in [-0.4, -0.2) is 52.8 Å². The number of fused-ring (bicyclic) bond motifs is 1. The maximum Gasteiger partial charge on any atom is 0.246 e. The number of hydrogen-bond acceptors (Lipinski definition) is 5. The highest BCUT2D eigenvalue weighted by Crippen LogP contribution is 2.78. The number of nitrogens with two attached hydrogens (primary N) is 1. The van der Waals surface area contributed by atoms with Crippen LogP contribution in [0.25, 0.3) is 0 Å². The molecule has 0 bridgehead atoms. The number of piperidine rings is 1. The number of carbonyl (C=O) groups excluding carboxylic acids is 3. The molecule has 2 saturated heterocycles. The van der Waals surface area contributed by atoms with Gasteiger partial charge in [0.25, 0.3) is 0 Å². The average molecular weight is 462 g/mol. The molecule has 1 aliphatic carbocycles. The molecule has 0 aromatic heterocycles. The lowest BCUT2D eigenvalue weighted by Gasteiger charge is -2.40. The van der Waals surface area contributed by atoms with E-state index in [0.29, 0.717) is 30.9 Å². The van der Waals surface area contributed by atoms with Gasteiger partial charge in [-0.2, -0.15) is 5.26 Å². The molecule has 2 aliphatic heterocycles. The first-order valence-electron chi connectivity index (χ1n) is 11.3. The Morgan fingerprint density at radius 3 is 2.47 bits per heavy atom. The van der Waals surface area contributed by atoms with Gasteiger partial charge in [0.1, 0.15) is 12.1 Å². The molecule has 6 atom stereocenters. The highest BCUT2D eigenvalue weighted by molar-refractivity contribution is 7.80. The van der Waals surface area contributed by atoms with Crippen molar-refractivity contribution in [2.24, 2.45) is 39.7 Å². The van der Waals surface area contributed by atoms with Crippen molar-refractivity contribution in [2.75, 3.05) is 13.1 Å². The molecule has 4 N–H and O–H groups in total. The number of rotatable bonds is 6. The second-order valence-electron chi connectivity index (χ2n) is 11.2. The Morgan fingerprint density at radius 1 is 1.41 bits per heavy atom. The Bertz CT molecular complexity index is 889. The zero-order chi connectivity index (χ0) is 24.2. The lowest BCUT2D eigenvalue weighted by Crippen LogP contribution is -2.60. The summed E-state index contributed by atoms with van der Waals surface area (Å²) in [6, 6.07) is 0.877. The van der Waals surface area contributed by atoms with Gasteiger partial charge in [0.05, 0.1) is 17.0 Å². The van der Waals surface area contributed by atoms with Crippen LogP contribution in [-0.2, 0) is 14.4 Å². The number of nitrogens with one attached hydrogen (secondary N) is 2. The molecule has 3 aliphatic rings. The summed E-state index contributed by atoms with van der Waals surface area (Å²) in [6.45, 7) is 12.6. The number of thiocarbonyl (C=S) groups is 1. The third-order valence-electron chi connectivity index (χ3n) is 8.05. The Labute approximate surface area is 195 Å². The Balaban J connectivity index is 1.99. The molecule has 3 amide bonds. The fourth-order valence-corrected chi connectivity index (χ4v) is 6.56. The minimum atomic E-state index is -0.902. The van der Waals surface area contributed by atoms with Crippen molar-refractivity contribution < 1.29 is 14.4 Å². The number of nitriles is 1. The first kappa shape index (κ1) is 24.4. The van der Waals surface area contributed by atoms with Gasteiger partial charge in [0.2, 0.25) is 17.7 Å². The van der Waals surface area contributed by atoms with E-state index in [0.717, 1.165) is 0 Å². The summed E-state index contributed by atoms with van der Waals surface area (Å²) in [5, 5.41) is 16.1. The van der Waals surface area contributed by atoms with Crippen molar-refractivity contribution in [1.29, 1.82) is 5.26 Å². The molecule has 8 nitrogen and oxygen atoms in total. The van der Waals surface area contributed by atoms with Crippen LogP contribution in [0.2, 0.25) is 0 Å². The maximum absolute atomic E-state index is 13.7. The van der Waals surface area contributed by atoms with Gasteiger partial charge in [-0.3, -0.25) is 14.4 Å². The zero-order valence-corrected chi connectivity index (χ0v) is 20.6. The smallest absolute Gasteiger partial charge is 0.246 e. The lowest BCUT2D eigenvalue weighted by atomic mass is 9.73. The van der Waals surface area contributed by atoms with Gasteiger partial charge >= 0.3 is 0 Å². The second kappa shape index (κ2) is 7.98. The standard InChI is InChI=1S/C23H35N5O3S/c1-12(32)27-16(21(2,3)4)20(31)28-11-15-22(5,6)23(15,17(28)18(25)29)14(10-24)9-13-7-8-26-19(13)30/h13-17H,7-9,11H2,1-6H3,(H2,25,29)(H,26,30)(H,27,32)/t13-,14-,15?,16-,17?,23?/m1/s1. The highest BCUT2D eigenvalue weighted by Gasteiger charge is 2.83. The summed E-state index contributed by atoms with van der Waals surface area (Å²) in [5.74, 6) is -1.74. The molecule has 2 heterocycles. The molecule has 9 heteroatoms. The summed E-state index contributed by atoms with van der Waals surface area (Å²) in [6.07, 6.45) is 1.04. The van der Waals surface area contributed by atoms with Crippen LogP contribution in [0.15, 0.2) is 0 Å². The predicted octanol–water partition coefficient (Wildman–Crippen LogP) is 1.34. The van der Waals surface area contributed by atoms with E-state index in [2.05, 4.69) is 16.7 Å². The molecule has 0 aromatic carbocycles. The van der Waals surface area contributed by atoms with E-state index in [-0.39, 0.29) is 29.1 Å². The summed E-state index contributed by atoms with van der Waals surface area (Å²) in [7, 11) is 0. The van der Waals surface area contributed by atoms with Crippen LogP contribution in [0, 0.1) is 45.3 Å². The van der Waals surface area contributed by atoms with E-state index >= 15 is 0 Å². The number of nitrogens with zero attached hydrogens (tertiary/aromatic N) is 2. The van der Waals surface area contributed by atoms with Crippen LogP contribution in [0.4, 0.5) is 0 Å². The molecule has 0 spiro atoms. The summed E-state index contributed by atoms with van der Waals surface area (Å²) < 4.78 is 0. The number of likely N-dealkylation sites (tertiary alicyclic amines) is 1. The molecule has 0 aromatic rings. The second-order valence-corrected chi connectivity index (χ2v) is 11.8. The largest absolute Gasteiger partial charge is 0.368 e. The van der Waals surface area contributed by atoms with E-state index in [4.69, 9.17) is 18.0 Å². The van der Waals surface area contributed by atoms with Gasteiger partial charge in [-0.25, -0.2) is 0 Å². The van der Waals surface area contributed by atoms with E-state index in [1.807, 2.05) is 34.6 Å². The molecule has 1 saturated carbocycles. The van der Waals surface area contributed by atoms with Gasteiger partial charge in [0.15, 0.2) is 0 Å². The zero-order valence-electron chi connectivity index (χ0n) is 19.8. The fourth-order valence-electron chi connectivity index (χ4n) is 6.44. The van der Waals surface area contributed by atoms with Crippen LogP contribution < -0.4 is 16.4 Å². The van der Waals surface area contributed by atoms with Crippen LogP contribution in [0.1, 0.15) is 54.4 Å². The van der Waals surface area contributed by atoms with Gasteiger partial charge < -0.3 is 21.3 Å². The van der Waals surface area contributed by atoms with E-state index in [1.165, 1.54) is 0 Å². The number of carbonyl (C=O) groups is 3. The van der Waals surface area contributed by atoms with Crippen molar-refractivity contribution >= 4 is 34.9 Å². The molecule has 176 valence electrons. The minimum absolute atomic E-state index is 0.0419. The minimum Gasteiger partial charge on any atom is -0.368 e. The third kappa shape index (κ3) is 3.57. The van der Waals surface area contributed by atoms with Gasteiger partial charge in [-0.1, -0.05) is 46.8 Å². The average Bonchev–Trinajstić information content (AvgIpc) is 3.03. The Hall–Kier alpha value is -2.21. The van der Waals surface area contributed by atoms with Crippen LogP contribution in [0.3, 0.4) is 0 Å². The molecule has 3 unspecified atom stereocenters. The molecule has 3 rings (SSSR count). The fraction of sp³-hybridized carbons (Fsp3) is 0.783. The van der Waals surface area contributed by atoms with Crippen molar-refractivity contribution in [2.45, 2.75) is 66.5 Å². The molecular weight excluding hydrogens is 426 g/mol. The number of hydrogen-bond donors (Lipinski definition) is 3. The number of amides is 3. The molecule has 32 heavy (non-hydrogen) atoms. The topological polar surface area (TPSA) is 128 Å². The summed E-state index contributed by atoms with van der Waals surface area (Å²) >= 11 is 5.20. The van der Waals surface area contributed by atoms with E-state index in [1.54, 1.807) is 11.8 Å². The van der Waals surface area contributed by atoms with Crippen LogP contribution >= 0.6 is 12.2 Å². The van der Waals surface area contributed by atoms with E-state index < -0.39 is 34.7 Å². The first-order chi connectivity index (χ1) is 14.7. The molecule has 0 radical (unpaired) electrons. The Kier molecular flexibility index (Phi) is 6.09. The van der Waals surface area contributed by atoms with E-state index in [9.17, 15) is 19.6 Å². The maximum atomic E-state index is 13.7. The quantitative estimate of drug-likeness (QED) is 0.512. The number of primary amides is 1. The van der Waals surface area contributed by atoms with Crippen molar-refractivity contribution in [1.82, 2.24) is 15.5 Å². The highest BCUT2D eigenvalue weighted by atomic mass is 32.1.